The van der Waals surface area contributed by atoms with Crippen LogP contribution in [0.15, 0.2) is 97.1 Å². The van der Waals surface area contributed by atoms with Crippen molar-refractivity contribution in [3.8, 4) is 39.4 Å². The molecule has 2 heterocycles. The maximum atomic E-state index is 5.34. The molecule has 0 amide bonds. The fourth-order valence-electron chi connectivity index (χ4n) is 3.88. The lowest BCUT2D eigenvalue weighted by Gasteiger charge is -2.13. The van der Waals surface area contributed by atoms with Crippen LogP contribution < -0.4 is 4.74 Å². The number of benzene rings is 3. The van der Waals surface area contributed by atoms with Gasteiger partial charge in [-0.1, -0.05) is 72.3 Å². The lowest BCUT2D eigenvalue weighted by atomic mass is 9.98. The van der Waals surface area contributed by atoms with Crippen molar-refractivity contribution < 1.29 is 4.74 Å². The molecule has 0 aliphatic rings. The Kier molecular flexibility index (Phi) is 4.56. The summed E-state index contributed by atoms with van der Waals surface area (Å²) < 4.78 is 7.41. The van der Waals surface area contributed by atoms with Crippen molar-refractivity contribution in [1.82, 2.24) is 9.61 Å². The molecule has 0 saturated heterocycles. The lowest BCUT2D eigenvalue weighted by Crippen LogP contribution is -1.98. The van der Waals surface area contributed by atoms with Crippen molar-refractivity contribution in [2.45, 2.75) is 6.92 Å². The first-order chi connectivity index (χ1) is 14.7. The third-order valence-corrected chi connectivity index (χ3v) is 5.39. The molecule has 0 spiro atoms. The van der Waals surface area contributed by atoms with Gasteiger partial charge in [0.2, 0.25) is 0 Å². The highest BCUT2D eigenvalue weighted by Gasteiger charge is 2.15. The third-order valence-electron chi connectivity index (χ3n) is 5.39. The first-order valence-corrected chi connectivity index (χ1v) is 10.0. The van der Waals surface area contributed by atoms with Crippen molar-refractivity contribution >= 4 is 5.52 Å². The quantitative estimate of drug-likeness (QED) is 0.343. The van der Waals surface area contributed by atoms with Crippen LogP contribution in [0.1, 0.15) is 5.56 Å². The standard InChI is InChI=1S/C27H22N2O/c1-19-7-6-10-22(17-19)27-25(20-11-14-24(30-2)15-12-20)16-13-23-18-26(28-29(23)27)21-8-4-3-5-9-21/h3-18H,1-2H3. The minimum Gasteiger partial charge on any atom is -0.497 e. The fourth-order valence-corrected chi connectivity index (χ4v) is 3.88. The van der Waals surface area contributed by atoms with Crippen LogP contribution >= 0.6 is 0 Å². The normalized spacial score (nSPS) is 11.0. The molecule has 5 rings (SSSR count). The van der Waals surface area contributed by atoms with E-state index in [1.54, 1.807) is 7.11 Å². The van der Waals surface area contributed by atoms with Gasteiger partial charge in [-0.05, 0) is 42.8 Å². The number of rotatable bonds is 4. The van der Waals surface area contributed by atoms with Gasteiger partial charge in [-0.15, -0.1) is 0 Å². The van der Waals surface area contributed by atoms with E-state index < -0.39 is 0 Å². The molecule has 5 aromatic rings. The number of nitrogens with zero attached hydrogens (tertiary/aromatic N) is 2. The molecule has 3 aromatic carbocycles. The summed E-state index contributed by atoms with van der Waals surface area (Å²) in [6.45, 7) is 2.12. The maximum absolute atomic E-state index is 5.34. The number of ether oxygens (including phenoxy) is 1. The summed E-state index contributed by atoms with van der Waals surface area (Å²) in [7, 11) is 1.69. The monoisotopic (exact) mass is 390 g/mol. The van der Waals surface area contributed by atoms with E-state index in [2.05, 4.69) is 78.2 Å². The minimum absolute atomic E-state index is 0.849. The highest BCUT2D eigenvalue weighted by Crippen LogP contribution is 2.35. The zero-order chi connectivity index (χ0) is 20.5. The highest BCUT2D eigenvalue weighted by atomic mass is 16.5. The zero-order valence-corrected chi connectivity index (χ0v) is 17.0. The number of aryl methyl sites for hydroxylation is 1. The van der Waals surface area contributed by atoms with Crippen LogP contribution in [-0.4, -0.2) is 16.7 Å². The van der Waals surface area contributed by atoms with Gasteiger partial charge in [-0.2, -0.15) is 5.10 Å². The van der Waals surface area contributed by atoms with Crippen LogP contribution in [0.5, 0.6) is 5.75 Å². The summed E-state index contributed by atoms with van der Waals surface area (Å²) in [5.41, 5.74) is 8.88. The molecule has 0 radical (unpaired) electrons. The predicted molar refractivity (Wildman–Crippen MR) is 123 cm³/mol. The average Bonchev–Trinajstić information content (AvgIpc) is 3.23. The number of fused-ring (bicyclic) bond motifs is 1. The Balaban J connectivity index is 1.78. The van der Waals surface area contributed by atoms with Gasteiger partial charge in [0.15, 0.2) is 0 Å². The van der Waals surface area contributed by atoms with E-state index in [9.17, 15) is 0 Å². The molecule has 0 bridgehead atoms. The average molecular weight is 390 g/mol. The van der Waals surface area contributed by atoms with Gasteiger partial charge in [0.1, 0.15) is 5.75 Å². The smallest absolute Gasteiger partial charge is 0.118 e. The van der Waals surface area contributed by atoms with Crippen LogP contribution in [0.3, 0.4) is 0 Å². The second kappa shape index (κ2) is 7.53. The molecule has 3 nitrogen and oxygen atoms in total. The molecule has 3 heteroatoms. The summed E-state index contributed by atoms with van der Waals surface area (Å²) in [5, 5.41) is 5.00. The molecule has 0 fully saturated rings. The van der Waals surface area contributed by atoms with Crippen molar-refractivity contribution in [1.29, 1.82) is 0 Å². The van der Waals surface area contributed by atoms with Gasteiger partial charge in [-0.3, -0.25) is 0 Å². The van der Waals surface area contributed by atoms with Gasteiger partial charge in [0.25, 0.3) is 0 Å². The summed E-state index contributed by atoms with van der Waals surface area (Å²) in [6, 6.07) is 33.6. The highest BCUT2D eigenvalue weighted by molar-refractivity contribution is 5.84. The second-order valence-electron chi connectivity index (χ2n) is 7.43. The molecule has 0 atom stereocenters. The summed E-state index contributed by atoms with van der Waals surface area (Å²) in [5.74, 6) is 0.849. The Labute approximate surface area is 176 Å². The molecule has 0 aliphatic carbocycles. The Morgan fingerprint density at radius 2 is 1.47 bits per heavy atom. The number of pyridine rings is 1. The van der Waals surface area contributed by atoms with Crippen LogP contribution in [0, 0.1) is 6.92 Å². The Bertz CT molecular complexity index is 1320. The Hall–Kier alpha value is -3.85. The zero-order valence-electron chi connectivity index (χ0n) is 17.0. The summed E-state index contributed by atoms with van der Waals surface area (Å²) in [6.07, 6.45) is 0. The molecule has 0 saturated carbocycles. The number of aromatic nitrogens is 2. The van der Waals surface area contributed by atoms with Crippen LogP contribution in [-0.2, 0) is 0 Å². The van der Waals surface area contributed by atoms with E-state index in [-0.39, 0.29) is 0 Å². The molecule has 30 heavy (non-hydrogen) atoms. The number of methoxy groups -OCH3 is 1. The van der Waals surface area contributed by atoms with E-state index >= 15 is 0 Å². The first-order valence-electron chi connectivity index (χ1n) is 10.0. The summed E-state index contributed by atoms with van der Waals surface area (Å²) >= 11 is 0. The van der Waals surface area contributed by atoms with Crippen LogP contribution in [0.4, 0.5) is 0 Å². The molecular formula is C27H22N2O. The van der Waals surface area contributed by atoms with Crippen molar-refractivity contribution in [2.24, 2.45) is 0 Å². The van der Waals surface area contributed by atoms with E-state index in [1.807, 2.05) is 30.3 Å². The predicted octanol–water partition coefficient (Wildman–Crippen LogP) is 6.65. The van der Waals surface area contributed by atoms with Gasteiger partial charge < -0.3 is 4.74 Å². The van der Waals surface area contributed by atoms with E-state index in [4.69, 9.17) is 9.84 Å². The van der Waals surface area contributed by atoms with Crippen LogP contribution in [0.2, 0.25) is 0 Å². The van der Waals surface area contributed by atoms with Gasteiger partial charge in [-0.25, -0.2) is 4.52 Å². The third kappa shape index (κ3) is 3.25. The molecule has 0 N–H and O–H groups in total. The Morgan fingerprint density at radius 1 is 0.700 bits per heavy atom. The van der Waals surface area contributed by atoms with Crippen LogP contribution in [0.25, 0.3) is 39.2 Å². The van der Waals surface area contributed by atoms with Gasteiger partial charge in [0, 0.05) is 16.7 Å². The van der Waals surface area contributed by atoms with Gasteiger partial charge in [0.05, 0.1) is 24.0 Å². The molecule has 2 aromatic heterocycles. The number of hydrogen-bond acceptors (Lipinski definition) is 2. The van der Waals surface area contributed by atoms with Crippen molar-refractivity contribution in [3.63, 3.8) is 0 Å². The lowest BCUT2D eigenvalue weighted by molar-refractivity contribution is 0.415. The largest absolute Gasteiger partial charge is 0.497 e. The molecular weight excluding hydrogens is 368 g/mol. The number of hydrogen-bond donors (Lipinski definition) is 0. The Morgan fingerprint density at radius 3 is 2.20 bits per heavy atom. The first kappa shape index (κ1) is 18.2. The van der Waals surface area contributed by atoms with E-state index in [0.29, 0.717) is 0 Å². The fraction of sp³-hybridized carbons (Fsp3) is 0.0741. The van der Waals surface area contributed by atoms with E-state index in [0.717, 1.165) is 44.9 Å². The molecule has 0 unspecified atom stereocenters. The van der Waals surface area contributed by atoms with E-state index in [1.165, 1.54) is 5.56 Å². The molecule has 0 aliphatic heterocycles. The second-order valence-corrected chi connectivity index (χ2v) is 7.43. The topological polar surface area (TPSA) is 26.5 Å². The SMILES string of the molecule is COc1ccc(-c2ccc3cc(-c4ccccc4)nn3c2-c2cccc(C)c2)cc1. The molecule has 146 valence electrons. The summed E-state index contributed by atoms with van der Waals surface area (Å²) in [4.78, 5) is 0. The minimum atomic E-state index is 0.849. The maximum Gasteiger partial charge on any atom is 0.118 e. The van der Waals surface area contributed by atoms with Gasteiger partial charge >= 0.3 is 0 Å². The van der Waals surface area contributed by atoms with Crippen molar-refractivity contribution in [2.75, 3.05) is 7.11 Å². The van der Waals surface area contributed by atoms with Crippen molar-refractivity contribution in [3.05, 3.63) is 103 Å².